The van der Waals surface area contributed by atoms with Crippen LogP contribution in [-0.2, 0) is 23.7 Å². The summed E-state index contributed by atoms with van der Waals surface area (Å²) in [5, 5.41) is 7.59. The molecule has 0 bridgehead atoms. The van der Waals surface area contributed by atoms with Crippen LogP contribution in [0.4, 0.5) is 4.79 Å². The second-order valence-electron chi connectivity index (χ2n) is 5.11. The Morgan fingerprint density at radius 3 is 2.38 bits per heavy atom. The minimum atomic E-state index is -2.05. The van der Waals surface area contributed by atoms with Gasteiger partial charge in [0.25, 0.3) is 3.79 Å². The van der Waals surface area contributed by atoms with Gasteiger partial charge in [0.2, 0.25) is 18.3 Å². The number of carbonyl (C=O) groups is 1. The lowest BCUT2D eigenvalue weighted by Gasteiger charge is -2.45. The SMILES string of the molecule is CO[C@@H]1C2OC(=O)O[C@@H]2[C@H](OC(=N)C(Cl)(Cl)Cl)OC1(C)C. The van der Waals surface area contributed by atoms with Crippen molar-refractivity contribution in [3.63, 3.8) is 0 Å². The van der Waals surface area contributed by atoms with Crippen LogP contribution in [-0.4, -0.2) is 53.2 Å². The van der Waals surface area contributed by atoms with E-state index < -0.39 is 46.0 Å². The van der Waals surface area contributed by atoms with Crippen molar-refractivity contribution in [3.05, 3.63) is 0 Å². The van der Waals surface area contributed by atoms with Gasteiger partial charge in [-0.3, -0.25) is 5.41 Å². The summed E-state index contributed by atoms with van der Waals surface area (Å²) in [6.45, 7) is 3.44. The molecule has 0 saturated carbocycles. The first kappa shape index (κ1) is 16.9. The lowest BCUT2D eigenvalue weighted by atomic mass is 9.89. The van der Waals surface area contributed by atoms with Gasteiger partial charge in [-0.25, -0.2) is 4.79 Å². The number of ether oxygens (including phenoxy) is 5. The second kappa shape index (κ2) is 5.62. The molecule has 0 aliphatic carbocycles. The lowest BCUT2D eigenvalue weighted by Crippen LogP contribution is -2.62. The third-order valence-electron chi connectivity index (χ3n) is 3.21. The molecule has 2 rings (SSSR count). The van der Waals surface area contributed by atoms with Crippen molar-refractivity contribution >= 4 is 46.9 Å². The molecule has 0 radical (unpaired) electrons. The summed E-state index contributed by atoms with van der Waals surface area (Å²) in [5.74, 6) is -0.647. The minimum Gasteiger partial charge on any atom is -0.444 e. The summed E-state index contributed by atoms with van der Waals surface area (Å²) in [5.41, 5.74) is -0.873. The van der Waals surface area contributed by atoms with Crippen LogP contribution in [0, 0.1) is 5.41 Å². The number of carbonyl (C=O) groups excluding carboxylic acids is 1. The summed E-state index contributed by atoms with van der Waals surface area (Å²) in [4.78, 5) is 11.4. The van der Waals surface area contributed by atoms with E-state index >= 15 is 0 Å². The molecule has 2 saturated heterocycles. The van der Waals surface area contributed by atoms with Crippen LogP contribution < -0.4 is 0 Å². The van der Waals surface area contributed by atoms with Gasteiger partial charge in [-0.05, 0) is 13.8 Å². The Kier molecular flexibility index (Phi) is 4.52. The molecule has 0 aromatic heterocycles. The second-order valence-corrected chi connectivity index (χ2v) is 7.39. The Morgan fingerprint density at radius 2 is 1.86 bits per heavy atom. The first-order valence-corrected chi connectivity index (χ1v) is 7.10. The average molecular weight is 363 g/mol. The van der Waals surface area contributed by atoms with E-state index in [1.54, 1.807) is 13.8 Å². The predicted octanol–water partition coefficient (Wildman–Crippen LogP) is 2.40. The maximum atomic E-state index is 11.4. The van der Waals surface area contributed by atoms with Gasteiger partial charge >= 0.3 is 6.16 Å². The van der Waals surface area contributed by atoms with Crippen molar-refractivity contribution in [2.24, 2.45) is 0 Å². The molecule has 1 N–H and O–H groups in total. The molecule has 21 heavy (non-hydrogen) atoms. The monoisotopic (exact) mass is 361 g/mol. The molecule has 4 atom stereocenters. The Morgan fingerprint density at radius 1 is 1.29 bits per heavy atom. The number of hydrogen-bond donors (Lipinski definition) is 1. The molecule has 1 unspecified atom stereocenters. The molecule has 0 aromatic carbocycles. The van der Waals surface area contributed by atoms with Crippen LogP contribution in [0.25, 0.3) is 0 Å². The zero-order valence-electron chi connectivity index (χ0n) is 11.4. The van der Waals surface area contributed by atoms with Gasteiger partial charge in [0.05, 0.1) is 5.60 Å². The molecular formula is C11H14Cl3NO6. The molecule has 2 fully saturated rings. The first-order valence-electron chi connectivity index (χ1n) is 5.96. The maximum Gasteiger partial charge on any atom is 0.509 e. The van der Waals surface area contributed by atoms with Crippen molar-refractivity contribution in [3.8, 4) is 0 Å². The third kappa shape index (κ3) is 3.32. The molecular weight excluding hydrogens is 348 g/mol. The molecule has 0 amide bonds. The van der Waals surface area contributed by atoms with Gasteiger partial charge in [0, 0.05) is 7.11 Å². The Balaban J connectivity index is 2.22. The van der Waals surface area contributed by atoms with Crippen molar-refractivity contribution < 1.29 is 28.5 Å². The third-order valence-corrected chi connectivity index (χ3v) is 3.72. The number of rotatable bonds is 2. The molecule has 0 aromatic rings. The molecule has 0 spiro atoms. The molecule has 10 heteroatoms. The van der Waals surface area contributed by atoms with Crippen LogP contribution in [0.3, 0.4) is 0 Å². The van der Waals surface area contributed by atoms with Crippen LogP contribution in [0.2, 0.25) is 0 Å². The van der Waals surface area contributed by atoms with E-state index in [1.807, 2.05) is 0 Å². The highest BCUT2D eigenvalue weighted by Crippen LogP contribution is 2.39. The highest BCUT2D eigenvalue weighted by molar-refractivity contribution is 6.76. The number of fused-ring (bicyclic) bond motifs is 1. The van der Waals surface area contributed by atoms with E-state index in [-0.39, 0.29) is 0 Å². The van der Waals surface area contributed by atoms with Crippen LogP contribution in [0.1, 0.15) is 13.8 Å². The fraction of sp³-hybridized carbons (Fsp3) is 0.818. The number of methoxy groups -OCH3 is 1. The molecule has 2 aliphatic heterocycles. The largest absolute Gasteiger partial charge is 0.509 e. The summed E-state index contributed by atoms with van der Waals surface area (Å²) >= 11 is 16.7. The molecule has 7 nitrogen and oxygen atoms in total. The van der Waals surface area contributed by atoms with Gasteiger partial charge < -0.3 is 23.7 Å². The van der Waals surface area contributed by atoms with Crippen molar-refractivity contribution in [1.82, 2.24) is 0 Å². The summed E-state index contributed by atoms with van der Waals surface area (Å²) in [7, 11) is 1.46. The predicted molar refractivity (Wildman–Crippen MR) is 74.0 cm³/mol. The number of nitrogens with one attached hydrogen (secondary N) is 1. The zero-order valence-corrected chi connectivity index (χ0v) is 13.7. The average Bonchev–Trinajstić information content (AvgIpc) is 2.68. The highest BCUT2D eigenvalue weighted by atomic mass is 35.6. The topological polar surface area (TPSA) is 87.1 Å². The van der Waals surface area contributed by atoms with Crippen molar-refractivity contribution in [1.29, 1.82) is 5.41 Å². The smallest absolute Gasteiger partial charge is 0.444 e. The van der Waals surface area contributed by atoms with Gasteiger partial charge in [-0.2, -0.15) is 0 Å². The Bertz CT molecular complexity index is 452. The van der Waals surface area contributed by atoms with Crippen molar-refractivity contribution in [2.75, 3.05) is 7.11 Å². The van der Waals surface area contributed by atoms with Gasteiger partial charge in [0.15, 0.2) is 6.10 Å². The summed E-state index contributed by atoms with van der Waals surface area (Å²) in [6, 6.07) is 0. The number of halogens is 3. The lowest BCUT2D eigenvalue weighted by molar-refractivity contribution is -0.287. The molecule has 2 heterocycles. The molecule has 120 valence electrons. The van der Waals surface area contributed by atoms with E-state index in [1.165, 1.54) is 7.11 Å². The zero-order chi connectivity index (χ0) is 16.0. The Labute approximate surface area is 136 Å². The van der Waals surface area contributed by atoms with Crippen LogP contribution in [0.15, 0.2) is 0 Å². The van der Waals surface area contributed by atoms with E-state index in [4.69, 9.17) is 63.9 Å². The summed E-state index contributed by atoms with van der Waals surface area (Å²) in [6.07, 6.45) is -4.27. The van der Waals surface area contributed by atoms with Crippen LogP contribution >= 0.6 is 34.8 Å². The van der Waals surface area contributed by atoms with Gasteiger partial charge in [0.1, 0.15) is 6.10 Å². The standard InChI is InChI=1S/C11H14Cl3NO6/c1-10(2)6(17-3)4-5(19-9(16)18-4)7(21-10)20-8(15)11(12,13)14/h4-7,15H,1-3H3/t4?,5-,6+,7+/m0/s1. The van der Waals surface area contributed by atoms with Gasteiger partial charge in [-0.15, -0.1) is 0 Å². The quantitative estimate of drug-likeness (QED) is 0.351. The van der Waals surface area contributed by atoms with Crippen molar-refractivity contribution in [2.45, 2.75) is 47.8 Å². The Hall–Kier alpha value is -0.470. The number of alkyl halides is 3. The summed E-state index contributed by atoms with van der Waals surface area (Å²) < 4.78 is 24.2. The highest BCUT2D eigenvalue weighted by Gasteiger charge is 2.59. The fourth-order valence-electron chi connectivity index (χ4n) is 2.35. The van der Waals surface area contributed by atoms with Gasteiger partial charge in [-0.1, -0.05) is 34.8 Å². The van der Waals surface area contributed by atoms with E-state index in [0.29, 0.717) is 0 Å². The van der Waals surface area contributed by atoms with E-state index in [0.717, 1.165) is 0 Å². The van der Waals surface area contributed by atoms with E-state index in [9.17, 15) is 4.79 Å². The van der Waals surface area contributed by atoms with Crippen LogP contribution in [0.5, 0.6) is 0 Å². The first-order chi connectivity index (χ1) is 9.56. The molecule has 2 aliphatic rings. The van der Waals surface area contributed by atoms with E-state index in [2.05, 4.69) is 0 Å². The fourth-order valence-corrected chi connectivity index (χ4v) is 2.48. The number of hydrogen-bond acceptors (Lipinski definition) is 7. The normalized spacial score (nSPS) is 34.7. The minimum absolute atomic E-state index is 0.573. The maximum absolute atomic E-state index is 11.4.